The molecule has 0 amide bonds. The Bertz CT molecular complexity index is 252. The first-order chi connectivity index (χ1) is 5.29. The van der Waals surface area contributed by atoms with Crippen molar-refractivity contribution in [1.82, 2.24) is 0 Å². The monoisotopic (exact) mass is 218 g/mol. The summed E-state index contributed by atoms with van der Waals surface area (Å²) in [6.07, 6.45) is 0. The van der Waals surface area contributed by atoms with Crippen molar-refractivity contribution in [3.05, 3.63) is 28.2 Å². The van der Waals surface area contributed by atoms with Gasteiger partial charge in [-0.05, 0) is 12.1 Å². The number of anilines is 1. The zero-order chi connectivity index (χ0) is 8.27. The Labute approximate surface area is 72.7 Å². The van der Waals surface area contributed by atoms with Gasteiger partial charge < -0.3 is 5.43 Å². The SMILES string of the molecule is NNc1cccc(Br)c1CF. The second-order valence-corrected chi connectivity index (χ2v) is 2.90. The van der Waals surface area contributed by atoms with Crippen LogP contribution in [-0.4, -0.2) is 0 Å². The van der Waals surface area contributed by atoms with Crippen molar-refractivity contribution in [2.45, 2.75) is 6.67 Å². The highest BCUT2D eigenvalue weighted by molar-refractivity contribution is 9.10. The highest BCUT2D eigenvalue weighted by atomic mass is 79.9. The number of benzene rings is 1. The standard InChI is InChI=1S/C7H8BrFN2/c8-6-2-1-3-7(11-10)5(6)4-9/h1-3,11H,4,10H2. The molecule has 0 atom stereocenters. The summed E-state index contributed by atoms with van der Waals surface area (Å²) >= 11 is 3.21. The molecule has 0 radical (unpaired) electrons. The summed E-state index contributed by atoms with van der Waals surface area (Å²) in [5, 5.41) is 0. The van der Waals surface area contributed by atoms with E-state index in [1.807, 2.05) is 0 Å². The fourth-order valence-corrected chi connectivity index (χ4v) is 1.30. The summed E-state index contributed by atoms with van der Waals surface area (Å²) < 4.78 is 13.0. The van der Waals surface area contributed by atoms with Gasteiger partial charge in [0.2, 0.25) is 0 Å². The van der Waals surface area contributed by atoms with Gasteiger partial charge in [-0.25, -0.2) is 4.39 Å². The summed E-state index contributed by atoms with van der Waals surface area (Å²) in [4.78, 5) is 0. The van der Waals surface area contributed by atoms with Crippen molar-refractivity contribution in [2.24, 2.45) is 5.84 Å². The molecule has 3 N–H and O–H groups in total. The average Bonchev–Trinajstić information content (AvgIpc) is 2.04. The molecule has 1 rings (SSSR count). The third-order valence-corrected chi connectivity index (χ3v) is 2.15. The average molecular weight is 219 g/mol. The van der Waals surface area contributed by atoms with E-state index >= 15 is 0 Å². The van der Waals surface area contributed by atoms with Crippen LogP contribution in [0.3, 0.4) is 0 Å². The fourth-order valence-electron chi connectivity index (χ4n) is 0.830. The Balaban J connectivity index is 3.13. The number of nitrogens with two attached hydrogens (primary N) is 1. The van der Waals surface area contributed by atoms with Crippen LogP contribution in [0.2, 0.25) is 0 Å². The van der Waals surface area contributed by atoms with Crippen LogP contribution in [0.25, 0.3) is 0 Å². The van der Waals surface area contributed by atoms with Crippen LogP contribution in [0, 0.1) is 0 Å². The quantitative estimate of drug-likeness (QED) is 0.591. The minimum atomic E-state index is -0.527. The third kappa shape index (κ3) is 1.70. The van der Waals surface area contributed by atoms with Gasteiger partial charge >= 0.3 is 0 Å². The molecule has 1 aromatic rings. The first-order valence-corrected chi connectivity index (χ1v) is 3.89. The minimum absolute atomic E-state index is 0.527. The molecule has 11 heavy (non-hydrogen) atoms. The molecule has 0 aliphatic carbocycles. The largest absolute Gasteiger partial charge is 0.324 e. The molecular formula is C7H8BrFN2. The van der Waals surface area contributed by atoms with E-state index in [0.717, 1.165) is 4.47 Å². The van der Waals surface area contributed by atoms with Crippen LogP contribution in [0.15, 0.2) is 22.7 Å². The highest BCUT2D eigenvalue weighted by Gasteiger charge is 2.03. The van der Waals surface area contributed by atoms with Gasteiger partial charge in [0.15, 0.2) is 0 Å². The van der Waals surface area contributed by atoms with Crippen LogP contribution in [0.1, 0.15) is 5.56 Å². The van der Waals surface area contributed by atoms with E-state index in [-0.39, 0.29) is 0 Å². The molecular weight excluding hydrogens is 211 g/mol. The van der Waals surface area contributed by atoms with Gasteiger partial charge in [0.1, 0.15) is 6.67 Å². The Morgan fingerprint density at radius 2 is 2.27 bits per heavy atom. The van der Waals surface area contributed by atoms with Crippen LogP contribution in [0.4, 0.5) is 10.1 Å². The van der Waals surface area contributed by atoms with Crippen LogP contribution >= 0.6 is 15.9 Å². The van der Waals surface area contributed by atoms with E-state index in [1.54, 1.807) is 18.2 Å². The van der Waals surface area contributed by atoms with Crippen LogP contribution in [0.5, 0.6) is 0 Å². The predicted molar refractivity (Wildman–Crippen MR) is 46.8 cm³/mol. The molecule has 0 aromatic heterocycles. The fraction of sp³-hybridized carbons (Fsp3) is 0.143. The van der Waals surface area contributed by atoms with Gasteiger partial charge in [0.25, 0.3) is 0 Å². The van der Waals surface area contributed by atoms with E-state index in [0.29, 0.717) is 11.3 Å². The van der Waals surface area contributed by atoms with Crippen molar-refractivity contribution >= 4 is 21.6 Å². The lowest BCUT2D eigenvalue weighted by Crippen LogP contribution is -2.08. The molecule has 0 saturated heterocycles. The van der Waals surface area contributed by atoms with Crippen molar-refractivity contribution < 1.29 is 4.39 Å². The number of hydrogen-bond donors (Lipinski definition) is 2. The molecule has 0 saturated carbocycles. The van der Waals surface area contributed by atoms with Crippen molar-refractivity contribution in [2.75, 3.05) is 5.43 Å². The lowest BCUT2D eigenvalue weighted by Gasteiger charge is -2.06. The van der Waals surface area contributed by atoms with Crippen molar-refractivity contribution in [3.63, 3.8) is 0 Å². The van der Waals surface area contributed by atoms with Crippen LogP contribution in [-0.2, 0) is 6.67 Å². The molecule has 60 valence electrons. The Kier molecular flexibility index (Phi) is 2.84. The van der Waals surface area contributed by atoms with E-state index in [2.05, 4.69) is 21.4 Å². The van der Waals surface area contributed by atoms with E-state index in [9.17, 15) is 4.39 Å². The number of nitrogens with one attached hydrogen (secondary N) is 1. The Hall–Kier alpha value is -0.610. The molecule has 0 bridgehead atoms. The minimum Gasteiger partial charge on any atom is -0.324 e. The van der Waals surface area contributed by atoms with E-state index in [1.165, 1.54) is 0 Å². The second kappa shape index (κ2) is 3.69. The number of hydrazine groups is 1. The number of rotatable bonds is 2. The molecule has 1 aromatic carbocycles. The van der Waals surface area contributed by atoms with Gasteiger partial charge in [0, 0.05) is 10.0 Å². The smallest absolute Gasteiger partial charge is 0.118 e. The van der Waals surface area contributed by atoms with Gasteiger partial charge in [0.05, 0.1) is 5.69 Å². The summed E-state index contributed by atoms with van der Waals surface area (Å²) in [6, 6.07) is 5.29. The zero-order valence-electron chi connectivity index (χ0n) is 5.77. The molecule has 2 nitrogen and oxygen atoms in total. The Morgan fingerprint density at radius 3 is 2.73 bits per heavy atom. The van der Waals surface area contributed by atoms with Gasteiger partial charge in [-0.2, -0.15) is 0 Å². The van der Waals surface area contributed by atoms with Crippen LogP contribution < -0.4 is 11.3 Å². The lowest BCUT2D eigenvalue weighted by molar-refractivity contribution is 0.485. The number of hydrogen-bond acceptors (Lipinski definition) is 2. The number of alkyl halides is 1. The van der Waals surface area contributed by atoms with Gasteiger partial charge in [-0.15, -0.1) is 0 Å². The van der Waals surface area contributed by atoms with E-state index in [4.69, 9.17) is 5.84 Å². The van der Waals surface area contributed by atoms with Crippen molar-refractivity contribution in [3.8, 4) is 0 Å². The lowest BCUT2D eigenvalue weighted by atomic mass is 10.2. The molecule has 4 heteroatoms. The molecule has 0 spiro atoms. The molecule has 0 unspecified atom stereocenters. The molecule has 0 aliphatic rings. The maximum absolute atomic E-state index is 12.3. The molecule has 0 fully saturated rings. The number of nitrogen functional groups attached to an aromatic ring is 1. The topological polar surface area (TPSA) is 38.0 Å². The Morgan fingerprint density at radius 1 is 1.55 bits per heavy atom. The second-order valence-electron chi connectivity index (χ2n) is 2.04. The van der Waals surface area contributed by atoms with Gasteiger partial charge in [-0.3, -0.25) is 5.84 Å². The normalized spacial score (nSPS) is 9.73. The number of halogens is 2. The summed E-state index contributed by atoms with van der Waals surface area (Å²) in [5.41, 5.74) is 3.58. The van der Waals surface area contributed by atoms with Crippen molar-refractivity contribution in [1.29, 1.82) is 0 Å². The summed E-state index contributed by atoms with van der Waals surface area (Å²) in [6.45, 7) is -0.527. The van der Waals surface area contributed by atoms with E-state index < -0.39 is 6.67 Å². The summed E-state index contributed by atoms with van der Waals surface area (Å²) in [7, 11) is 0. The summed E-state index contributed by atoms with van der Waals surface area (Å²) in [5.74, 6) is 5.16. The molecule has 0 heterocycles. The maximum Gasteiger partial charge on any atom is 0.118 e. The highest BCUT2D eigenvalue weighted by Crippen LogP contribution is 2.24. The van der Waals surface area contributed by atoms with Gasteiger partial charge in [-0.1, -0.05) is 22.0 Å². The predicted octanol–water partition coefficient (Wildman–Crippen LogP) is 2.20. The first-order valence-electron chi connectivity index (χ1n) is 3.09. The maximum atomic E-state index is 12.3. The third-order valence-electron chi connectivity index (χ3n) is 1.41. The zero-order valence-corrected chi connectivity index (χ0v) is 7.36. The molecule has 0 aliphatic heterocycles. The first kappa shape index (κ1) is 8.49.